The van der Waals surface area contributed by atoms with E-state index >= 15 is 0 Å². The summed E-state index contributed by atoms with van der Waals surface area (Å²) in [6.07, 6.45) is 2.45. The second-order valence-electron chi connectivity index (χ2n) is 3.96. The molecule has 2 unspecified atom stereocenters. The van der Waals surface area contributed by atoms with Crippen LogP contribution in [0.5, 0.6) is 5.75 Å². The van der Waals surface area contributed by atoms with Gasteiger partial charge in [0.05, 0.1) is 7.11 Å². The molecular weight excluding hydrogens is 174 g/mol. The van der Waals surface area contributed by atoms with Crippen LogP contribution in [0.15, 0.2) is 24.3 Å². The second-order valence-corrected chi connectivity index (χ2v) is 3.96. The highest BCUT2D eigenvalue weighted by molar-refractivity contribution is 5.33. The number of hydrogen-bond donors (Lipinski definition) is 1. The van der Waals surface area contributed by atoms with Crippen molar-refractivity contribution in [1.82, 2.24) is 0 Å². The van der Waals surface area contributed by atoms with Gasteiger partial charge >= 0.3 is 0 Å². The van der Waals surface area contributed by atoms with Crippen LogP contribution in [-0.4, -0.2) is 13.7 Å². The molecule has 0 saturated heterocycles. The Balaban J connectivity index is 2.03. The lowest BCUT2D eigenvalue weighted by molar-refractivity contribution is 0.414. The summed E-state index contributed by atoms with van der Waals surface area (Å²) < 4.78 is 5.20. The smallest absolute Gasteiger partial charge is 0.119 e. The highest BCUT2D eigenvalue weighted by Gasteiger charge is 2.37. The van der Waals surface area contributed by atoms with Crippen LogP contribution < -0.4 is 10.5 Å². The van der Waals surface area contributed by atoms with E-state index in [-0.39, 0.29) is 0 Å². The van der Waals surface area contributed by atoms with E-state index in [0.717, 1.165) is 30.6 Å². The molecule has 0 bridgehead atoms. The Labute approximate surface area is 85.1 Å². The molecule has 14 heavy (non-hydrogen) atoms. The maximum Gasteiger partial charge on any atom is 0.119 e. The molecule has 1 fully saturated rings. The molecule has 2 rings (SSSR count). The third kappa shape index (κ3) is 1.90. The topological polar surface area (TPSA) is 35.2 Å². The lowest BCUT2D eigenvalue weighted by Gasteiger charge is -2.03. The summed E-state index contributed by atoms with van der Waals surface area (Å²) in [5.74, 6) is 2.50. The van der Waals surface area contributed by atoms with E-state index in [1.807, 2.05) is 6.07 Å². The third-order valence-corrected chi connectivity index (χ3v) is 2.98. The van der Waals surface area contributed by atoms with Crippen molar-refractivity contribution in [3.8, 4) is 5.75 Å². The van der Waals surface area contributed by atoms with Gasteiger partial charge in [-0.05, 0) is 48.9 Å². The zero-order valence-corrected chi connectivity index (χ0v) is 8.57. The SMILES string of the molecule is COc1cccc(C2CC2CCN)c1. The van der Waals surface area contributed by atoms with Crippen LogP contribution in [0.25, 0.3) is 0 Å². The number of ether oxygens (including phenoxy) is 1. The minimum atomic E-state index is 0.730. The molecule has 76 valence electrons. The van der Waals surface area contributed by atoms with Gasteiger partial charge in [0.1, 0.15) is 5.75 Å². The Morgan fingerprint density at radius 1 is 1.50 bits per heavy atom. The number of rotatable bonds is 4. The van der Waals surface area contributed by atoms with Crippen molar-refractivity contribution in [1.29, 1.82) is 0 Å². The summed E-state index contributed by atoms with van der Waals surface area (Å²) in [6.45, 7) is 0.811. The van der Waals surface area contributed by atoms with Crippen LogP contribution in [0.2, 0.25) is 0 Å². The van der Waals surface area contributed by atoms with E-state index in [4.69, 9.17) is 10.5 Å². The molecule has 0 heterocycles. The summed E-state index contributed by atoms with van der Waals surface area (Å²) in [5.41, 5.74) is 6.95. The summed E-state index contributed by atoms with van der Waals surface area (Å²) in [4.78, 5) is 0. The fraction of sp³-hybridized carbons (Fsp3) is 0.500. The van der Waals surface area contributed by atoms with Gasteiger partial charge in [-0.25, -0.2) is 0 Å². The van der Waals surface area contributed by atoms with Gasteiger partial charge in [0.2, 0.25) is 0 Å². The molecule has 1 aliphatic carbocycles. The van der Waals surface area contributed by atoms with Crippen molar-refractivity contribution in [2.24, 2.45) is 11.7 Å². The predicted molar refractivity (Wildman–Crippen MR) is 57.5 cm³/mol. The number of hydrogen-bond acceptors (Lipinski definition) is 2. The molecule has 2 N–H and O–H groups in total. The average Bonchev–Trinajstić information content (AvgIpc) is 2.98. The Hall–Kier alpha value is -1.02. The van der Waals surface area contributed by atoms with Crippen molar-refractivity contribution in [3.63, 3.8) is 0 Å². The van der Waals surface area contributed by atoms with E-state index in [1.54, 1.807) is 7.11 Å². The minimum Gasteiger partial charge on any atom is -0.497 e. The molecule has 1 aromatic rings. The van der Waals surface area contributed by atoms with Crippen LogP contribution in [-0.2, 0) is 0 Å². The van der Waals surface area contributed by atoms with Crippen LogP contribution in [0.4, 0.5) is 0 Å². The lowest BCUT2D eigenvalue weighted by Crippen LogP contribution is -1.99. The van der Waals surface area contributed by atoms with Crippen LogP contribution in [0, 0.1) is 5.92 Å². The van der Waals surface area contributed by atoms with E-state index in [2.05, 4.69) is 18.2 Å². The molecule has 1 saturated carbocycles. The molecule has 2 atom stereocenters. The highest BCUT2D eigenvalue weighted by Crippen LogP contribution is 2.49. The fourth-order valence-corrected chi connectivity index (χ4v) is 2.06. The monoisotopic (exact) mass is 191 g/mol. The maximum atomic E-state index is 5.54. The molecule has 0 spiro atoms. The highest BCUT2D eigenvalue weighted by atomic mass is 16.5. The summed E-state index contributed by atoms with van der Waals surface area (Å²) in [7, 11) is 1.71. The molecule has 1 aliphatic rings. The van der Waals surface area contributed by atoms with Crippen molar-refractivity contribution >= 4 is 0 Å². The molecule has 0 aromatic heterocycles. The van der Waals surface area contributed by atoms with Crippen molar-refractivity contribution in [2.45, 2.75) is 18.8 Å². The van der Waals surface area contributed by atoms with Crippen molar-refractivity contribution in [2.75, 3.05) is 13.7 Å². The standard InChI is InChI=1S/C12H17NO/c1-14-11-4-2-3-9(7-11)12-8-10(12)5-6-13/h2-4,7,10,12H,5-6,8,13H2,1H3. The molecule has 0 radical (unpaired) electrons. The molecule has 2 heteroatoms. The normalized spacial score (nSPS) is 24.7. The van der Waals surface area contributed by atoms with E-state index < -0.39 is 0 Å². The molecule has 0 amide bonds. The Morgan fingerprint density at radius 2 is 2.36 bits per heavy atom. The van der Waals surface area contributed by atoms with E-state index in [9.17, 15) is 0 Å². The quantitative estimate of drug-likeness (QED) is 0.791. The van der Waals surface area contributed by atoms with Gasteiger partial charge in [-0.1, -0.05) is 12.1 Å². The van der Waals surface area contributed by atoms with Crippen LogP contribution in [0.3, 0.4) is 0 Å². The Bertz CT molecular complexity index is 311. The molecule has 1 aromatic carbocycles. The maximum absolute atomic E-state index is 5.54. The molecular formula is C12H17NO. The number of nitrogens with two attached hydrogens (primary N) is 1. The second kappa shape index (κ2) is 4.01. The summed E-state index contributed by atoms with van der Waals surface area (Å²) in [5, 5.41) is 0. The summed E-state index contributed by atoms with van der Waals surface area (Å²) >= 11 is 0. The predicted octanol–water partition coefficient (Wildman–Crippen LogP) is 2.15. The van der Waals surface area contributed by atoms with Crippen molar-refractivity contribution in [3.05, 3.63) is 29.8 Å². The fourth-order valence-electron chi connectivity index (χ4n) is 2.06. The van der Waals surface area contributed by atoms with E-state index in [0.29, 0.717) is 0 Å². The van der Waals surface area contributed by atoms with Gasteiger partial charge in [-0.3, -0.25) is 0 Å². The first-order valence-corrected chi connectivity index (χ1v) is 5.19. The first-order valence-electron chi connectivity index (χ1n) is 5.19. The van der Waals surface area contributed by atoms with Gasteiger partial charge in [-0.2, -0.15) is 0 Å². The van der Waals surface area contributed by atoms with Gasteiger partial charge in [0.15, 0.2) is 0 Å². The first kappa shape index (κ1) is 9.53. The van der Waals surface area contributed by atoms with Crippen LogP contribution >= 0.6 is 0 Å². The van der Waals surface area contributed by atoms with E-state index in [1.165, 1.54) is 12.0 Å². The largest absolute Gasteiger partial charge is 0.497 e. The average molecular weight is 191 g/mol. The van der Waals surface area contributed by atoms with Gasteiger partial charge in [0, 0.05) is 0 Å². The van der Waals surface area contributed by atoms with Crippen molar-refractivity contribution < 1.29 is 4.74 Å². The third-order valence-electron chi connectivity index (χ3n) is 2.98. The Morgan fingerprint density at radius 3 is 3.07 bits per heavy atom. The Kier molecular flexibility index (Phi) is 2.73. The van der Waals surface area contributed by atoms with Gasteiger partial charge < -0.3 is 10.5 Å². The zero-order chi connectivity index (χ0) is 9.97. The number of methoxy groups -OCH3 is 1. The van der Waals surface area contributed by atoms with Gasteiger partial charge in [0.25, 0.3) is 0 Å². The molecule has 2 nitrogen and oxygen atoms in total. The minimum absolute atomic E-state index is 0.730. The summed E-state index contributed by atoms with van der Waals surface area (Å²) in [6, 6.07) is 8.38. The van der Waals surface area contributed by atoms with Gasteiger partial charge in [-0.15, -0.1) is 0 Å². The zero-order valence-electron chi connectivity index (χ0n) is 8.57. The first-order chi connectivity index (χ1) is 6.85. The van der Waals surface area contributed by atoms with Crippen LogP contribution in [0.1, 0.15) is 24.3 Å². The molecule has 0 aliphatic heterocycles. The lowest BCUT2D eigenvalue weighted by atomic mass is 10.1. The number of benzene rings is 1.